The molecule has 0 aliphatic carbocycles. The van der Waals surface area contributed by atoms with E-state index in [-0.39, 0.29) is 17.6 Å². The number of aromatic nitrogens is 4. The highest BCUT2D eigenvalue weighted by Gasteiger charge is 2.10. The number of hydrogen-bond donors (Lipinski definition) is 2. The number of thioether (sulfide) groups is 1. The van der Waals surface area contributed by atoms with Gasteiger partial charge in [-0.2, -0.15) is 4.98 Å². The summed E-state index contributed by atoms with van der Waals surface area (Å²) in [4.78, 5) is 31.7. The normalized spacial score (nSPS) is 10.4. The fraction of sp³-hybridized carbons (Fsp3) is 0.0714. The largest absolute Gasteiger partial charge is 0.272 e. The lowest BCUT2D eigenvalue weighted by molar-refractivity contribution is -0.119. The van der Waals surface area contributed by atoms with Gasteiger partial charge < -0.3 is 0 Å². The van der Waals surface area contributed by atoms with Crippen LogP contribution in [-0.2, 0) is 4.79 Å². The Morgan fingerprint density at radius 1 is 1.13 bits per heavy atom. The summed E-state index contributed by atoms with van der Waals surface area (Å²) in [5.74, 6) is -0.190. The fourth-order valence-electron chi connectivity index (χ4n) is 1.73. The van der Waals surface area contributed by atoms with Crippen LogP contribution in [-0.4, -0.2) is 37.1 Å². The maximum absolute atomic E-state index is 11.8. The zero-order valence-electron chi connectivity index (χ0n) is 11.8. The lowest BCUT2D eigenvalue weighted by Gasteiger charge is -2.06. The van der Waals surface area contributed by atoms with Crippen molar-refractivity contribution in [2.45, 2.75) is 5.16 Å². The van der Waals surface area contributed by atoms with E-state index in [1.165, 1.54) is 4.52 Å². The first-order valence-corrected chi connectivity index (χ1v) is 7.65. The van der Waals surface area contributed by atoms with E-state index in [9.17, 15) is 9.59 Å². The number of carbonyl (C=O) groups excluding carboxylic acids is 2. The molecule has 0 aliphatic rings. The summed E-state index contributed by atoms with van der Waals surface area (Å²) in [6.45, 7) is 0. The number of nitrogens with zero attached hydrogens (tertiary/aromatic N) is 4. The second kappa shape index (κ2) is 6.88. The predicted octanol–water partition coefficient (Wildman–Crippen LogP) is 0.678. The number of hydrogen-bond acceptors (Lipinski definition) is 6. The zero-order valence-corrected chi connectivity index (χ0v) is 12.7. The first-order chi connectivity index (χ1) is 11.2. The molecule has 1 aromatic carbocycles. The quantitative estimate of drug-likeness (QED) is 0.539. The number of nitrogens with one attached hydrogen (secondary N) is 2. The maximum atomic E-state index is 11.8. The summed E-state index contributed by atoms with van der Waals surface area (Å²) in [6, 6.07) is 10.4. The third-order valence-corrected chi connectivity index (χ3v) is 3.62. The molecule has 9 heteroatoms. The van der Waals surface area contributed by atoms with Crippen LogP contribution in [0.1, 0.15) is 10.4 Å². The van der Waals surface area contributed by atoms with Gasteiger partial charge >= 0.3 is 0 Å². The lowest BCUT2D eigenvalue weighted by atomic mass is 10.2. The number of rotatable bonds is 4. The van der Waals surface area contributed by atoms with Gasteiger partial charge in [-0.05, 0) is 18.2 Å². The summed E-state index contributed by atoms with van der Waals surface area (Å²) in [5.41, 5.74) is 5.17. The van der Waals surface area contributed by atoms with Gasteiger partial charge in [-0.1, -0.05) is 30.0 Å². The van der Waals surface area contributed by atoms with Crippen molar-refractivity contribution in [1.82, 2.24) is 30.4 Å². The predicted molar refractivity (Wildman–Crippen MR) is 83.6 cm³/mol. The molecule has 0 aliphatic heterocycles. The summed E-state index contributed by atoms with van der Waals surface area (Å²) >= 11 is 1.16. The van der Waals surface area contributed by atoms with Crippen molar-refractivity contribution in [3.63, 3.8) is 0 Å². The molecule has 2 aromatic heterocycles. The third-order valence-electron chi connectivity index (χ3n) is 2.78. The van der Waals surface area contributed by atoms with Gasteiger partial charge in [0.05, 0.1) is 5.75 Å². The number of benzene rings is 1. The lowest BCUT2D eigenvalue weighted by Crippen LogP contribution is -2.42. The van der Waals surface area contributed by atoms with Crippen LogP contribution in [0.3, 0.4) is 0 Å². The number of carbonyl (C=O) groups is 2. The van der Waals surface area contributed by atoms with Crippen molar-refractivity contribution in [2.24, 2.45) is 0 Å². The molecule has 0 spiro atoms. The van der Waals surface area contributed by atoms with E-state index in [0.29, 0.717) is 16.5 Å². The molecule has 0 unspecified atom stereocenters. The van der Waals surface area contributed by atoms with Crippen molar-refractivity contribution in [3.05, 3.63) is 54.4 Å². The summed E-state index contributed by atoms with van der Waals surface area (Å²) in [7, 11) is 0. The molecule has 2 heterocycles. The minimum Gasteiger partial charge on any atom is -0.272 e. The molecule has 2 N–H and O–H groups in total. The van der Waals surface area contributed by atoms with Crippen LogP contribution in [0, 0.1) is 0 Å². The topological polar surface area (TPSA) is 101 Å². The minimum atomic E-state index is -0.376. The van der Waals surface area contributed by atoms with Gasteiger partial charge in [0.1, 0.15) is 0 Å². The average molecular weight is 328 g/mol. The number of amides is 2. The van der Waals surface area contributed by atoms with Gasteiger partial charge in [-0.25, -0.2) is 9.50 Å². The Kier molecular flexibility index (Phi) is 4.48. The minimum absolute atomic E-state index is 0.0753. The Bertz CT molecular complexity index is 802. The standard InChI is InChI=1S/C14H12N6O2S/c21-11(17-18-12(22)10-5-2-1-3-6-10)9-23-14-16-13-15-7-4-8-20(13)19-14/h1-8H,9H2,(H,17,21)(H,18,22). The fourth-order valence-corrected chi connectivity index (χ4v) is 2.35. The molecule has 0 bridgehead atoms. The summed E-state index contributed by atoms with van der Waals surface area (Å²) < 4.78 is 1.53. The number of fused-ring (bicyclic) bond motifs is 1. The monoisotopic (exact) mass is 328 g/mol. The molecular formula is C14H12N6O2S. The summed E-state index contributed by atoms with van der Waals surface area (Å²) in [6.07, 6.45) is 3.34. The molecule has 116 valence electrons. The van der Waals surface area contributed by atoms with Crippen molar-refractivity contribution < 1.29 is 9.59 Å². The molecule has 23 heavy (non-hydrogen) atoms. The zero-order chi connectivity index (χ0) is 16.1. The van der Waals surface area contributed by atoms with E-state index in [1.807, 2.05) is 6.07 Å². The Labute approximate surface area is 135 Å². The van der Waals surface area contributed by atoms with Crippen LogP contribution >= 0.6 is 11.8 Å². The second-order valence-electron chi connectivity index (χ2n) is 4.42. The molecule has 0 saturated carbocycles. The molecule has 3 aromatic rings. The van der Waals surface area contributed by atoms with E-state index in [0.717, 1.165) is 11.8 Å². The van der Waals surface area contributed by atoms with Gasteiger partial charge in [-0.3, -0.25) is 20.4 Å². The maximum Gasteiger partial charge on any atom is 0.269 e. The van der Waals surface area contributed by atoms with Crippen LogP contribution in [0.4, 0.5) is 0 Å². The highest BCUT2D eigenvalue weighted by Crippen LogP contribution is 2.12. The van der Waals surface area contributed by atoms with Crippen molar-refractivity contribution in [2.75, 3.05) is 5.75 Å². The van der Waals surface area contributed by atoms with Crippen molar-refractivity contribution >= 4 is 29.4 Å². The van der Waals surface area contributed by atoms with Crippen molar-refractivity contribution in [1.29, 1.82) is 0 Å². The molecule has 2 amide bonds. The van der Waals surface area contributed by atoms with Crippen LogP contribution < -0.4 is 10.9 Å². The average Bonchev–Trinajstić information content (AvgIpc) is 3.01. The highest BCUT2D eigenvalue weighted by atomic mass is 32.2. The Morgan fingerprint density at radius 3 is 2.74 bits per heavy atom. The molecule has 3 rings (SSSR count). The van der Waals surface area contributed by atoms with E-state index in [4.69, 9.17) is 0 Å². The van der Waals surface area contributed by atoms with E-state index in [1.54, 1.807) is 42.7 Å². The highest BCUT2D eigenvalue weighted by molar-refractivity contribution is 7.99. The smallest absolute Gasteiger partial charge is 0.269 e. The van der Waals surface area contributed by atoms with Gasteiger partial charge in [-0.15, -0.1) is 5.10 Å². The summed E-state index contributed by atoms with van der Waals surface area (Å²) in [5, 5.41) is 4.60. The molecule has 8 nitrogen and oxygen atoms in total. The number of hydrazine groups is 1. The Hall–Kier alpha value is -2.94. The molecule has 0 radical (unpaired) electrons. The van der Waals surface area contributed by atoms with Crippen LogP contribution in [0.25, 0.3) is 5.78 Å². The first kappa shape index (κ1) is 15.0. The molecule has 0 fully saturated rings. The van der Waals surface area contributed by atoms with Gasteiger partial charge in [0, 0.05) is 18.0 Å². The SMILES string of the molecule is O=C(CSc1nc2ncccn2n1)NNC(=O)c1ccccc1. The Morgan fingerprint density at radius 2 is 1.96 bits per heavy atom. The van der Waals surface area contributed by atoms with Crippen LogP contribution in [0.2, 0.25) is 0 Å². The Balaban J connectivity index is 1.49. The molecule has 0 atom stereocenters. The van der Waals surface area contributed by atoms with Gasteiger partial charge in [0.25, 0.3) is 11.7 Å². The van der Waals surface area contributed by atoms with E-state index < -0.39 is 0 Å². The van der Waals surface area contributed by atoms with Gasteiger partial charge in [0.2, 0.25) is 11.1 Å². The van der Waals surface area contributed by atoms with Crippen molar-refractivity contribution in [3.8, 4) is 0 Å². The third kappa shape index (κ3) is 3.83. The first-order valence-electron chi connectivity index (χ1n) is 6.67. The van der Waals surface area contributed by atoms with Crippen LogP contribution in [0.5, 0.6) is 0 Å². The second-order valence-corrected chi connectivity index (χ2v) is 5.36. The molecular weight excluding hydrogens is 316 g/mol. The van der Waals surface area contributed by atoms with Crippen LogP contribution in [0.15, 0.2) is 53.9 Å². The van der Waals surface area contributed by atoms with Gasteiger partial charge in [0.15, 0.2) is 0 Å². The van der Waals surface area contributed by atoms with E-state index in [2.05, 4.69) is 25.9 Å². The molecule has 0 saturated heterocycles. The van der Waals surface area contributed by atoms with E-state index >= 15 is 0 Å².